The molecular formula is C15H16N4O2S. The summed E-state index contributed by atoms with van der Waals surface area (Å²) in [6.45, 7) is 2.51. The predicted octanol–water partition coefficient (Wildman–Crippen LogP) is 2.62. The van der Waals surface area contributed by atoms with Crippen molar-refractivity contribution in [3.05, 3.63) is 34.8 Å². The smallest absolute Gasteiger partial charge is 0.269 e. The Morgan fingerprint density at radius 3 is 2.68 bits per heavy atom. The molecule has 22 heavy (non-hydrogen) atoms. The summed E-state index contributed by atoms with van der Waals surface area (Å²) in [5.74, 6) is -0.0521. The SMILES string of the molecule is Cc1nnsc1C(=O)Nc1ccc(N2CCCCC2=O)cc1. The van der Waals surface area contributed by atoms with E-state index < -0.39 is 0 Å². The molecule has 0 unspecified atom stereocenters. The lowest BCUT2D eigenvalue weighted by atomic mass is 10.1. The van der Waals surface area contributed by atoms with Gasteiger partial charge in [0, 0.05) is 24.3 Å². The number of carbonyl (C=O) groups is 2. The van der Waals surface area contributed by atoms with Crippen LogP contribution in [0.2, 0.25) is 0 Å². The van der Waals surface area contributed by atoms with Crippen molar-refractivity contribution in [3.63, 3.8) is 0 Å². The number of carbonyl (C=O) groups excluding carboxylic acids is 2. The Kier molecular flexibility index (Phi) is 4.15. The second-order valence-electron chi connectivity index (χ2n) is 5.19. The molecule has 2 aromatic rings. The highest BCUT2D eigenvalue weighted by atomic mass is 32.1. The highest BCUT2D eigenvalue weighted by Crippen LogP contribution is 2.23. The van der Waals surface area contributed by atoms with Gasteiger partial charge in [0.2, 0.25) is 5.91 Å². The van der Waals surface area contributed by atoms with Gasteiger partial charge in [-0.05, 0) is 55.6 Å². The minimum atomic E-state index is -0.214. The van der Waals surface area contributed by atoms with Crippen molar-refractivity contribution in [2.75, 3.05) is 16.8 Å². The molecule has 0 atom stereocenters. The van der Waals surface area contributed by atoms with Crippen LogP contribution in [0.3, 0.4) is 0 Å². The van der Waals surface area contributed by atoms with Gasteiger partial charge in [0.1, 0.15) is 4.88 Å². The quantitative estimate of drug-likeness (QED) is 0.944. The summed E-state index contributed by atoms with van der Waals surface area (Å²) in [7, 11) is 0. The van der Waals surface area contributed by atoms with Gasteiger partial charge in [-0.2, -0.15) is 0 Å². The maximum atomic E-state index is 12.1. The van der Waals surface area contributed by atoms with E-state index in [0.717, 1.165) is 36.6 Å². The first-order chi connectivity index (χ1) is 10.6. The molecule has 2 amide bonds. The van der Waals surface area contributed by atoms with E-state index in [9.17, 15) is 9.59 Å². The van der Waals surface area contributed by atoms with Gasteiger partial charge in [-0.3, -0.25) is 9.59 Å². The minimum absolute atomic E-state index is 0.161. The average Bonchev–Trinajstić information content (AvgIpc) is 2.95. The first-order valence-corrected chi connectivity index (χ1v) is 7.93. The molecule has 6 nitrogen and oxygen atoms in total. The topological polar surface area (TPSA) is 75.2 Å². The largest absolute Gasteiger partial charge is 0.321 e. The Hall–Kier alpha value is -2.28. The number of nitrogens with zero attached hydrogens (tertiary/aromatic N) is 3. The average molecular weight is 316 g/mol. The van der Waals surface area contributed by atoms with Crippen molar-refractivity contribution in [1.82, 2.24) is 9.59 Å². The van der Waals surface area contributed by atoms with Gasteiger partial charge in [0.25, 0.3) is 5.91 Å². The van der Waals surface area contributed by atoms with Crippen LogP contribution in [0.1, 0.15) is 34.6 Å². The predicted molar refractivity (Wildman–Crippen MR) is 85.2 cm³/mol. The third kappa shape index (κ3) is 2.99. The van der Waals surface area contributed by atoms with Crippen LogP contribution in [-0.2, 0) is 4.79 Å². The molecule has 0 radical (unpaired) electrons. The molecule has 3 rings (SSSR count). The molecule has 1 N–H and O–H groups in total. The molecule has 114 valence electrons. The maximum Gasteiger partial charge on any atom is 0.269 e. The number of benzene rings is 1. The standard InChI is InChI=1S/C15H16N4O2S/c1-10-14(22-18-17-10)15(21)16-11-5-7-12(8-6-11)19-9-3-2-4-13(19)20/h5-8H,2-4,9H2,1H3,(H,16,21). The molecule has 1 aliphatic heterocycles. The van der Waals surface area contributed by atoms with Crippen LogP contribution < -0.4 is 10.2 Å². The number of aryl methyl sites for hydroxylation is 1. The lowest BCUT2D eigenvalue weighted by Crippen LogP contribution is -2.35. The molecule has 1 aromatic heterocycles. The molecule has 7 heteroatoms. The van der Waals surface area contributed by atoms with Gasteiger partial charge in [-0.1, -0.05) is 4.49 Å². The third-order valence-corrected chi connectivity index (χ3v) is 4.44. The van der Waals surface area contributed by atoms with Crippen molar-refractivity contribution in [2.24, 2.45) is 0 Å². The molecule has 2 heterocycles. The van der Waals surface area contributed by atoms with E-state index in [1.54, 1.807) is 24.0 Å². The van der Waals surface area contributed by atoms with Gasteiger partial charge in [-0.25, -0.2) is 0 Å². The number of anilines is 2. The summed E-state index contributed by atoms with van der Waals surface area (Å²) in [6.07, 6.45) is 2.60. The zero-order valence-electron chi connectivity index (χ0n) is 12.2. The summed E-state index contributed by atoms with van der Waals surface area (Å²) < 4.78 is 3.75. The van der Waals surface area contributed by atoms with Crippen LogP contribution in [0.25, 0.3) is 0 Å². The van der Waals surface area contributed by atoms with E-state index in [1.165, 1.54) is 0 Å². The summed E-state index contributed by atoms with van der Waals surface area (Å²) in [5.41, 5.74) is 2.18. The van der Waals surface area contributed by atoms with Gasteiger partial charge in [0.15, 0.2) is 0 Å². The fourth-order valence-electron chi connectivity index (χ4n) is 2.43. The summed E-state index contributed by atoms with van der Waals surface area (Å²) >= 11 is 1.08. The van der Waals surface area contributed by atoms with Crippen molar-refractivity contribution < 1.29 is 9.59 Å². The Balaban J connectivity index is 1.70. The van der Waals surface area contributed by atoms with E-state index >= 15 is 0 Å². The molecule has 1 saturated heterocycles. The number of nitrogens with one attached hydrogen (secondary N) is 1. The van der Waals surface area contributed by atoms with E-state index in [1.807, 2.05) is 12.1 Å². The molecule has 1 aliphatic rings. The minimum Gasteiger partial charge on any atom is -0.321 e. The van der Waals surface area contributed by atoms with Crippen LogP contribution in [-0.4, -0.2) is 27.9 Å². The lowest BCUT2D eigenvalue weighted by Gasteiger charge is -2.26. The highest BCUT2D eigenvalue weighted by Gasteiger charge is 2.19. The molecule has 1 aromatic carbocycles. The van der Waals surface area contributed by atoms with Crippen molar-refractivity contribution in [2.45, 2.75) is 26.2 Å². The molecule has 0 aliphatic carbocycles. The van der Waals surface area contributed by atoms with Crippen LogP contribution in [0, 0.1) is 6.92 Å². The molecular weight excluding hydrogens is 300 g/mol. The first-order valence-electron chi connectivity index (χ1n) is 7.16. The van der Waals surface area contributed by atoms with E-state index in [2.05, 4.69) is 14.9 Å². The van der Waals surface area contributed by atoms with Crippen LogP contribution in [0.15, 0.2) is 24.3 Å². The van der Waals surface area contributed by atoms with E-state index in [-0.39, 0.29) is 11.8 Å². The van der Waals surface area contributed by atoms with Crippen molar-refractivity contribution in [1.29, 1.82) is 0 Å². The van der Waals surface area contributed by atoms with E-state index in [4.69, 9.17) is 0 Å². The Morgan fingerprint density at radius 1 is 1.27 bits per heavy atom. The maximum absolute atomic E-state index is 12.1. The number of piperidine rings is 1. The van der Waals surface area contributed by atoms with Crippen molar-refractivity contribution >= 4 is 34.7 Å². The summed E-state index contributed by atoms with van der Waals surface area (Å²) in [5, 5.41) is 6.64. The molecule has 0 spiro atoms. The number of aromatic nitrogens is 2. The van der Waals surface area contributed by atoms with Gasteiger partial charge < -0.3 is 10.2 Å². The first kappa shape index (κ1) is 14.6. The summed E-state index contributed by atoms with van der Waals surface area (Å²) in [6, 6.07) is 7.32. The van der Waals surface area contributed by atoms with Crippen LogP contribution >= 0.6 is 11.5 Å². The highest BCUT2D eigenvalue weighted by molar-refractivity contribution is 7.08. The van der Waals surface area contributed by atoms with E-state index in [0.29, 0.717) is 22.7 Å². The zero-order valence-corrected chi connectivity index (χ0v) is 13.0. The number of rotatable bonds is 3. The summed E-state index contributed by atoms with van der Waals surface area (Å²) in [4.78, 5) is 26.3. The number of amides is 2. The molecule has 1 fully saturated rings. The van der Waals surface area contributed by atoms with Crippen molar-refractivity contribution in [3.8, 4) is 0 Å². The van der Waals surface area contributed by atoms with Gasteiger partial charge in [-0.15, -0.1) is 5.10 Å². The third-order valence-electron chi connectivity index (χ3n) is 3.62. The fourth-order valence-corrected chi connectivity index (χ4v) is 2.98. The second kappa shape index (κ2) is 6.23. The van der Waals surface area contributed by atoms with Crippen LogP contribution in [0.4, 0.5) is 11.4 Å². The zero-order chi connectivity index (χ0) is 15.5. The van der Waals surface area contributed by atoms with Crippen LogP contribution in [0.5, 0.6) is 0 Å². The van der Waals surface area contributed by atoms with Gasteiger partial charge >= 0.3 is 0 Å². The monoisotopic (exact) mass is 316 g/mol. The number of hydrogen-bond donors (Lipinski definition) is 1. The Morgan fingerprint density at radius 2 is 2.05 bits per heavy atom. The lowest BCUT2D eigenvalue weighted by molar-refractivity contribution is -0.119. The number of hydrogen-bond acceptors (Lipinski definition) is 5. The second-order valence-corrected chi connectivity index (χ2v) is 5.95. The Bertz CT molecular complexity index is 696. The Labute approximate surface area is 132 Å². The normalized spacial score (nSPS) is 15.0. The molecule has 0 saturated carbocycles. The fraction of sp³-hybridized carbons (Fsp3) is 0.333. The molecule has 0 bridgehead atoms. The van der Waals surface area contributed by atoms with Gasteiger partial charge in [0.05, 0.1) is 5.69 Å².